The molecule has 0 spiro atoms. The van der Waals surface area contributed by atoms with Gasteiger partial charge in [-0.05, 0) is 25.9 Å². The first-order valence-corrected chi connectivity index (χ1v) is 6.25. The standard InChI is InChI=1S/C13H15N5/c14-7-11-1-4-17(5-2-11)10-12-8-16-13-9-15-3-6-18(12)13/h3,6,8-9,11H,1-2,4-5,10H2. The minimum Gasteiger partial charge on any atom is -0.300 e. The van der Waals surface area contributed by atoms with Gasteiger partial charge in [0.05, 0.1) is 24.2 Å². The molecule has 0 N–H and O–H groups in total. The Hall–Kier alpha value is -1.93. The van der Waals surface area contributed by atoms with Gasteiger partial charge in [0.25, 0.3) is 0 Å². The molecule has 0 atom stereocenters. The van der Waals surface area contributed by atoms with Crippen molar-refractivity contribution in [1.82, 2.24) is 19.3 Å². The topological polar surface area (TPSA) is 57.2 Å². The highest BCUT2D eigenvalue weighted by molar-refractivity contribution is 5.36. The van der Waals surface area contributed by atoms with Crippen LogP contribution in [0.1, 0.15) is 18.5 Å². The third-order valence-electron chi connectivity index (χ3n) is 3.55. The molecule has 2 aromatic heterocycles. The summed E-state index contributed by atoms with van der Waals surface area (Å²) in [6.45, 7) is 2.89. The molecule has 0 aliphatic carbocycles. The number of nitriles is 1. The fourth-order valence-electron chi connectivity index (χ4n) is 2.46. The van der Waals surface area contributed by atoms with E-state index < -0.39 is 0 Å². The Morgan fingerprint density at radius 2 is 2.17 bits per heavy atom. The van der Waals surface area contributed by atoms with Gasteiger partial charge in [0.15, 0.2) is 5.65 Å². The molecule has 5 heteroatoms. The summed E-state index contributed by atoms with van der Waals surface area (Å²) in [4.78, 5) is 10.8. The molecule has 5 nitrogen and oxygen atoms in total. The van der Waals surface area contributed by atoms with E-state index >= 15 is 0 Å². The maximum atomic E-state index is 8.89. The lowest BCUT2D eigenvalue weighted by Gasteiger charge is -2.28. The van der Waals surface area contributed by atoms with Crippen LogP contribution < -0.4 is 0 Å². The van der Waals surface area contributed by atoms with Gasteiger partial charge in [-0.3, -0.25) is 14.3 Å². The van der Waals surface area contributed by atoms with Gasteiger partial charge in [-0.2, -0.15) is 5.26 Å². The van der Waals surface area contributed by atoms with Gasteiger partial charge in [0, 0.05) is 24.9 Å². The highest BCUT2D eigenvalue weighted by Gasteiger charge is 2.19. The van der Waals surface area contributed by atoms with E-state index in [2.05, 4.69) is 25.3 Å². The minimum absolute atomic E-state index is 0.243. The van der Waals surface area contributed by atoms with Crippen molar-refractivity contribution in [2.75, 3.05) is 13.1 Å². The van der Waals surface area contributed by atoms with E-state index in [0.717, 1.165) is 38.1 Å². The van der Waals surface area contributed by atoms with E-state index in [0.29, 0.717) is 0 Å². The van der Waals surface area contributed by atoms with Crippen LogP contribution in [-0.2, 0) is 6.54 Å². The second-order valence-electron chi connectivity index (χ2n) is 4.73. The first-order chi connectivity index (χ1) is 8.86. The smallest absolute Gasteiger partial charge is 0.155 e. The van der Waals surface area contributed by atoms with Crippen molar-refractivity contribution in [3.8, 4) is 6.07 Å². The van der Waals surface area contributed by atoms with Crippen molar-refractivity contribution in [2.24, 2.45) is 5.92 Å². The van der Waals surface area contributed by atoms with Gasteiger partial charge in [-0.25, -0.2) is 4.98 Å². The maximum absolute atomic E-state index is 8.89. The number of imidazole rings is 1. The van der Waals surface area contributed by atoms with E-state index in [1.807, 2.05) is 12.4 Å². The lowest BCUT2D eigenvalue weighted by molar-refractivity contribution is 0.195. The van der Waals surface area contributed by atoms with E-state index in [1.165, 1.54) is 5.69 Å². The average Bonchev–Trinajstić information content (AvgIpc) is 2.83. The number of rotatable bonds is 2. The zero-order chi connectivity index (χ0) is 12.4. The predicted octanol–water partition coefficient (Wildman–Crippen LogP) is 1.46. The normalized spacial score (nSPS) is 17.9. The second kappa shape index (κ2) is 4.75. The highest BCUT2D eigenvalue weighted by atomic mass is 15.2. The fourth-order valence-corrected chi connectivity index (χ4v) is 2.46. The van der Waals surface area contributed by atoms with Gasteiger partial charge in [-0.1, -0.05) is 0 Å². The predicted molar refractivity (Wildman–Crippen MR) is 66.6 cm³/mol. The van der Waals surface area contributed by atoms with Crippen LogP contribution in [0.2, 0.25) is 0 Å². The van der Waals surface area contributed by atoms with Gasteiger partial charge < -0.3 is 0 Å². The molecule has 0 bridgehead atoms. The number of likely N-dealkylation sites (tertiary alicyclic amines) is 1. The average molecular weight is 241 g/mol. The maximum Gasteiger partial charge on any atom is 0.155 e. The summed E-state index contributed by atoms with van der Waals surface area (Å²) in [6, 6.07) is 2.36. The molecule has 0 unspecified atom stereocenters. The molecule has 3 rings (SSSR count). The molecular weight excluding hydrogens is 226 g/mol. The summed E-state index contributed by atoms with van der Waals surface area (Å²) < 4.78 is 2.07. The van der Waals surface area contributed by atoms with Gasteiger partial charge >= 0.3 is 0 Å². The number of hydrogen-bond acceptors (Lipinski definition) is 4. The molecule has 0 saturated carbocycles. The van der Waals surface area contributed by atoms with Crippen LogP contribution in [0.3, 0.4) is 0 Å². The van der Waals surface area contributed by atoms with Crippen LogP contribution in [0.5, 0.6) is 0 Å². The molecule has 0 radical (unpaired) electrons. The van der Waals surface area contributed by atoms with Crippen molar-refractivity contribution >= 4 is 5.65 Å². The molecule has 1 aliphatic rings. The molecule has 18 heavy (non-hydrogen) atoms. The number of piperidine rings is 1. The summed E-state index contributed by atoms with van der Waals surface area (Å²) in [5, 5.41) is 8.89. The van der Waals surface area contributed by atoms with Crippen LogP contribution in [-0.4, -0.2) is 32.4 Å². The number of nitrogens with zero attached hydrogens (tertiary/aromatic N) is 5. The molecular formula is C13H15N5. The summed E-state index contributed by atoms with van der Waals surface area (Å²) in [5.74, 6) is 0.243. The zero-order valence-corrected chi connectivity index (χ0v) is 10.2. The Labute approximate surface area is 106 Å². The minimum atomic E-state index is 0.243. The molecule has 1 aliphatic heterocycles. The quantitative estimate of drug-likeness (QED) is 0.798. The molecule has 2 aromatic rings. The Balaban J connectivity index is 1.72. The van der Waals surface area contributed by atoms with E-state index in [-0.39, 0.29) is 5.92 Å². The molecule has 3 heterocycles. The van der Waals surface area contributed by atoms with Gasteiger partial charge in [-0.15, -0.1) is 0 Å². The lowest BCUT2D eigenvalue weighted by atomic mass is 9.98. The van der Waals surface area contributed by atoms with Crippen LogP contribution in [0.15, 0.2) is 24.8 Å². The molecule has 1 saturated heterocycles. The summed E-state index contributed by atoms with van der Waals surface area (Å²) in [6.07, 6.45) is 9.36. The Bertz CT molecular complexity index is 574. The van der Waals surface area contributed by atoms with Crippen LogP contribution in [0.4, 0.5) is 0 Å². The molecule has 0 aromatic carbocycles. The van der Waals surface area contributed by atoms with Crippen molar-refractivity contribution in [1.29, 1.82) is 5.26 Å². The highest BCUT2D eigenvalue weighted by Crippen LogP contribution is 2.18. The zero-order valence-electron chi connectivity index (χ0n) is 10.2. The Kier molecular flexibility index (Phi) is 2.95. The molecule has 0 amide bonds. The van der Waals surface area contributed by atoms with Crippen LogP contribution in [0.25, 0.3) is 5.65 Å². The Morgan fingerprint density at radius 3 is 2.94 bits per heavy atom. The summed E-state index contributed by atoms with van der Waals surface area (Å²) in [5.41, 5.74) is 2.07. The van der Waals surface area contributed by atoms with Crippen molar-refractivity contribution in [3.05, 3.63) is 30.5 Å². The monoisotopic (exact) mass is 241 g/mol. The van der Waals surface area contributed by atoms with E-state index in [9.17, 15) is 0 Å². The third kappa shape index (κ3) is 2.07. The van der Waals surface area contributed by atoms with E-state index in [1.54, 1.807) is 12.4 Å². The van der Waals surface area contributed by atoms with Crippen LogP contribution >= 0.6 is 0 Å². The fraction of sp³-hybridized carbons (Fsp3) is 0.462. The Morgan fingerprint density at radius 1 is 1.33 bits per heavy atom. The number of aromatic nitrogens is 3. The second-order valence-corrected chi connectivity index (χ2v) is 4.73. The summed E-state index contributed by atoms with van der Waals surface area (Å²) in [7, 11) is 0. The van der Waals surface area contributed by atoms with Gasteiger partial charge in [0.1, 0.15) is 0 Å². The van der Waals surface area contributed by atoms with Crippen molar-refractivity contribution in [2.45, 2.75) is 19.4 Å². The first kappa shape index (κ1) is 11.2. The third-order valence-corrected chi connectivity index (χ3v) is 3.55. The number of fused-ring (bicyclic) bond motifs is 1. The van der Waals surface area contributed by atoms with Crippen molar-refractivity contribution in [3.63, 3.8) is 0 Å². The lowest BCUT2D eigenvalue weighted by Crippen LogP contribution is -2.33. The first-order valence-electron chi connectivity index (χ1n) is 6.25. The largest absolute Gasteiger partial charge is 0.300 e. The number of hydrogen-bond donors (Lipinski definition) is 0. The molecule has 92 valence electrons. The van der Waals surface area contributed by atoms with E-state index in [4.69, 9.17) is 5.26 Å². The molecule has 1 fully saturated rings. The van der Waals surface area contributed by atoms with Gasteiger partial charge in [0.2, 0.25) is 0 Å². The SMILES string of the molecule is N#CC1CCN(Cc2cnc3cnccn23)CC1. The van der Waals surface area contributed by atoms with Crippen LogP contribution in [0, 0.1) is 17.2 Å². The summed E-state index contributed by atoms with van der Waals surface area (Å²) >= 11 is 0. The van der Waals surface area contributed by atoms with Crippen molar-refractivity contribution < 1.29 is 0 Å².